The van der Waals surface area contributed by atoms with Crippen molar-refractivity contribution < 1.29 is 37.5 Å². The number of likely N-dealkylation sites (tertiary alicyclic amines) is 1. The molecular formula is C31H31ClFN5O7. The summed E-state index contributed by atoms with van der Waals surface area (Å²) in [6.07, 6.45) is 2.14. The van der Waals surface area contributed by atoms with Crippen molar-refractivity contribution in [2.75, 3.05) is 36.1 Å². The van der Waals surface area contributed by atoms with Crippen molar-refractivity contribution >= 4 is 52.7 Å². The van der Waals surface area contributed by atoms with Crippen LogP contribution in [-0.2, 0) is 24.7 Å². The Morgan fingerprint density at radius 1 is 1.16 bits per heavy atom. The van der Waals surface area contributed by atoms with Crippen LogP contribution in [-0.4, -0.2) is 54.1 Å². The van der Waals surface area contributed by atoms with Crippen molar-refractivity contribution in [3.63, 3.8) is 0 Å². The van der Waals surface area contributed by atoms with Crippen LogP contribution in [0.15, 0.2) is 40.9 Å². The van der Waals surface area contributed by atoms with E-state index in [2.05, 4.69) is 25.7 Å². The number of ether oxygens (including phenoxy) is 2. The van der Waals surface area contributed by atoms with E-state index in [1.807, 2.05) is 0 Å². The number of hydrogen-bond donors (Lipinski definition) is 3. The van der Waals surface area contributed by atoms with E-state index < -0.39 is 35.4 Å². The molecule has 1 fully saturated rings. The standard InChI is InChI=1S/C31H31ClFN5O7/c1-16-5-3-6-19(27-34-14-23(44-27)18-8-7-17(35-29(41)43-2)13-22(18)36-26(16)39)28(40)38-12-4-11-31(15-38)24-21(37-30(42)45-31)10-9-20(32)25(24)33/h7-10,13-14,16,19H,3-6,11-12,15H2,1-2H3,(H,35,41)(H,36,39)(H,37,42)/t16-,19+,31+/m1/s1. The van der Waals surface area contributed by atoms with Gasteiger partial charge in [-0.3, -0.25) is 20.2 Å². The van der Waals surface area contributed by atoms with Gasteiger partial charge in [0, 0.05) is 23.7 Å². The first-order valence-corrected chi connectivity index (χ1v) is 15.0. The number of anilines is 3. The minimum Gasteiger partial charge on any atom is -0.453 e. The third-order valence-corrected chi connectivity index (χ3v) is 8.81. The molecule has 45 heavy (non-hydrogen) atoms. The van der Waals surface area contributed by atoms with E-state index in [0.717, 1.165) is 0 Å². The van der Waals surface area contributed by atoms with Gasteiger partial charge in [0.2, 0.25) is 17.7 Å². The van der Waals surface area contributed by atoms with Gasteiger partial charge in [0.05, 0.1) is 41.8 Å². The fourth-order valence-electron chi connectivity index (χ4n) is 6.23. The molecule has 0 unspecified atom stereocenters. The second-order valence-corrected chi connectivity index (χ2v) is 11.9. The summed E-state index contributed by atoms with van der Waals surface area (Å²) >= 11 is 6.12. The molecule has 3 atom stereocenters. The van der Waals surface area contributed by atoms with Crippen molar-refractivity contribution in [3.8, 4) is 11.3 Å². The molecule has 14 heteroatoms. The summed E-state index contributed by atoms with van der Waals surface area (Å²) < 4.78 is 32.0. The molecule has 3 aliphatic heterocycles. The predicted octanol–water partition coefficient (Wildman–Crippen LogP) is 6.23. The van der Waals surface area contributed by atoms with Gasteiger partial charge in [0.15, 0.2) is 17.2 Å². The molecule has 0 aliphatic carbocycles. The zero-order valence-electron chi connectivity index (χ0n) is 24.6. The molecule has 4 heterocycles. The Morgan fingerprint density at radius 3 is 2.78 bits per heavy atom. The number of nitrogens with one attached hydrogen (secondary N) is 3. The molecule has 0 saturated carbocycles. The lowest BCUT2D eigenvalue weighted by Gasteiger charge is -2.45. The van der Waals surface area contributed by atoms with Crippen molar-refractivity contribution in [1.82, 2.24) is 9.88 Å². The number of aromatic nitrogens is 1. The Labute approximate surface area is 262 Å². The molecule has 1 spiro atoms. The Kier molecular flexibility index (Phi) is 8.12. The lowest BCUT2D eigenvalue weighted by Crippen LogP contribution is -2.54. The molecule has 0 radical (unpaired) electrons. The van der Waals surface area contributed by atoms with Crippen LogP contribution in [0.2, 0.25) is 5.02 Å². The Morgan fingerprint density at radius 2 is 1.98 bits per heavy atom. The number of piperidine rings is 1. The van der Waals surface area contributed by atoms with Crippen LogP contribution in [0.25, 0.3) is 11.3 Å². The average molecular weight is 640 g/mol. The number of amides is 4. The van der Waals surface area contributed by atoms with E-state index in [-0.39, 0.29) is 40.5 Å². The summed E-state index contributed by atoms with van der Waals surface area (Å²) in [6, 6.07) is 7.76. The summed E-state index contributed by atoms with van der Waals surface area (Å²) in [7, 11) is 1.25. The highest BCUT2D eigenvalue weighted by Gasteiger charge is 2.49. The smallest absolute Gasteiger partial charge is 0.412 e. The number of nitrogens with zero attached hydrogens (tertiary/aromatic N) is 2. The largest absolute Gasteiger partial charge is 0.453 e. The van der Waals surface area contributed by atoms with Crippen molar-refractivity contribution in [2.24, 2.45) is 5.92 Å². The van der Waals surface area contributed by atoms with E-state index in [0.29, 0.717) is 61.3 Å². The fraction of sp³-hybridized carbons (Fsp3) is 0.387. The van der Waals surface area contributed by atoms with E-state index in [9.17, 15) is 19.2 Å². The number of carbonyl (C=O) groups is 4. The molecule has 236 valence electrons. The average Bonchev–Trinajstić information content (AvgIpc) is 3.50. The highest BCUT2D eigenvalue weighted by atomic mass is 35.5. The molecule has 2 bridgehead atoms. The molecule has 4 amide bonds. The van der Waals surface area contributed by atoms with Crippen LogP contribution in [0.4, 0.5) is 31.0 Å². The molecule has 3 aliphatic rings. The van der Waals surface area contributed by atoms with Gasteiger partial charge >= 0.3 is 12.2 Å². The number of halogens is 2. The third-order valence-electron chi connectivity index (χ3n) is 8.51. The first kappa shape index (κ1) is 30.4. The summed E-state index contributed by atoms with van der Waals surface area (Å²) in [5, 5.41) is 7.91. The minimum atomic E-state index is -1.42. The topological polar surface area (TPSA) is 152 Å². The van der Waals surface area contributed by atoms with Crippen LogP contribution < -0.4 is 16.0 Å². The SMILES string of the molecule is COC(=O)Nc1ccc2c(c1)NC(=O)[C@H](C)CCC[C@H](C(=O)N1CCC[C@@]3(C1)OC(=O)Nc1ccc(Cl)c(F)c13)c1ncc-2o1. The molecule has 1 aromatic heterocycles. The zero-order valence-corrected chi connectivity index (χ0v) is 25.3. The zero-order chi connectivity index (χ0) is 31.9. The first-order valence-electron chi connectivity index (χ1n) is 14.6. The monoisotopic (exact) mass is 639 g/mol. The van der Waals surface area contributed by atoms with Gasteiger partial charge in [-0.2, -0.15) is 0 Å². The highest BCUT2D eigenvalue weighted by Crippen LogP contribution is 2.46. The minimum absolute atomic E-state index is 0.0782. The summed E-state index contributed by atoms with van der Waals surface area (Å²) in [5.41, 5.74) is 0.222. The quantitative estimate of drug-likeness (QED) is 0.298. The van der Waals surface area contributed by atoms with Crippen molar-refractivity contribution in [3.05, 3.63) is 58.8 Å². The summed E-state index contributed by atoms with van der Waals surface area (Å²) in [6.45, 7) is 2.07. The van der Waals surface area contributed by atoms with Crippen LogP contribution in [0.1, 0.15) is 56.4 Å². The van der Waals surface area contributed by atoms with Gasteiger partial charge in [-0.25, -0.2) is 19.0 Å². The van der Waals surface area contributed by atoms with Crippen LogP contribution in [0.5, 0.6) is 0 Å². The normalized spacial score (nSPS) is 22.9. The maximum atomic E-state index is 15.4. The Bertz CT molecular complexity index is 1700. The van der Waals surface area contributed by atoms with Crippen molar-refractivity contribution in [1.29, 1.82) is 0 Å². The number of benzene rings is 2. The van der Waals surface area contributed by atoms with Gasteiger partial charge < -0.3 is 24.1 Å². The van der Waals surface area contributed by atoms with Gasteiger partial charge in [0.25, 0.3) is 0 Å². The summed E-state index contributed by atoms with van der Waals surface area (Å²) in [5.74, 6) is -1.96. The van der Waals surface area contributed by atoms with E-state index in [1.165, 1.54) is 25.4 Å². The van der Waals surface area contributed by atoms with Gasteiger partial charge in [-0.05, 0) is 56.0 Å². The van der Waals surface area contributed by atoms with Gasteiger partial charge in [-0.15, -0.1) is 0 Å². The molecule has 2 aromatic carbocycles. The molecule has 6 rings (SSSR count). The first-order chi connectivity index (χ1) is 21.6. The number of fused-ring (bicyclic) bond motifs is 6. The maximum absolute atomic E-state index is 15.4. The van der Waals surface area contributed by atoms with Gasteiger partial charge in [0.1, 0.15) is 5.92 Å². The van der Waals surface area contributed by atoms with E-state index >= 15 is 4.39 Å². The highest BCUT2D eigenvalue weighted by molar-refractivity contribution is 6.31. The van der Waals surface area contributed by atoms with E-state index in [4.69, 9.17) is 20.8 Å². The predicted molar refractivity (Wildman–Crippen MR) is 161 cm³/mol. The van der Waals surface area contributed by atoms with Crippen LogP contribution in [0, 0.1) is 11.7 Å². The Hall–Kier alpha value is -4.65. The third kappa shape index (κ3) is 5.79. The molecule has 3 aromatic rings. The lowest BCUT2D eigenvalue weighted by atomic mass is 9.82. The van der Waals surface area contributed by atoms with Crippen molar-refractivity contribution in [2.45, 2.75) is 50.5 Å². The molecular weight excluding hydrogens is 609 g/mol. The number of methoxy groups -OCH3 is 1. The number of carbonyl (C=O) groups excluding carboxylic acids is 4. The molecule has 1 saturated heterocycles. The maximum Gasteiger partial charge on any atom is 0.412 e. The number of oxazole rings is 1. The van der Waals surface area contributed by atoms with Crippen LogP contribution >= 0.6 is 11.6 Å². The molecule has 12 nitrogen and oxygen atoms in total. The molecule has 3 N–H and O–H groups in total. The summed E-state index contributed by atoms with van der Waals surface area (Å²) in [4.78, 5) is 57.7. The number of rotatable bonds is 2. The fourth-order valence-corrected chi connectivity index (χ4v) is 6.39. The Balaban J connectivity index is 1.34. The lowest BCUT2D eigenvalue weighted by molar-refractivity contribution is -0.141. The van der Waals surface area contributed by atoms with Gasteiger partial charge in [-0.1, -0.05) is 24.9 Å². The second-order valence-electron chi connectivity index (χ2n) is 11.5. The second kappa shape index (κ2) is 12.0. The van der Waals surface area contributed by atoms with E-state index in [1.54, 1.807) is 30.0 Å². The van der Waals surface area contributed by atoms with Crippen LogP contribution in [0.3, 0.4) is 0 Å². The number of hydrogen-bond acceptors (Lipinski definition) is 8.